The molecule has 1 rings (SSSR count). The van der Waals surface area contributed by atoms with Crippen LogP contribution in [0.1, 0.15) is 5.56 Å². The molecule has 0 amide bonds. The van der Waals surface area contributed by atoms with E-state index in [0.29, 0.717) is 4.90 Å². The first-order valence-corrected chi connectivity index (χ1v) is 5.46. The van der Waals surface area contributed by atoms with Crippen molar-refractivity contribution in [2.24, 2.45) is 4.27 Å². The van der Waals surface area contributed by atoms with Crippen LogP contribution in [0.4, 0.5) is 0 Å². The Morgan fingerprint density at radius 1 is 1.33 bits per heavy atom. The lowest BCUT2D eigenvalue weighted by molar-refractivity contribution is 0.681. The molecule has 0 fully saturated rings. The van der Waals surface area contributed by atoms with Crippen LogP contribution in [0.3, 0.4) is 0 Å². The average molecular weight is 179 g/mol. The molecule has 0 aliphatic heterocycles. The molecule has 0 aliphatic rings. The Kier molecular flexibility index (Phi) is 2.57. The predicted octanol–water partition coefficient (Wildman–Crippen LogP) is 1.54. The van der Waals surface area contributed by atoms with Crippen molar-refractivity contribution in [2.45, 2.75) is 11.8 Å². The number of nitrogens with zero attached hydrogens (tertiary/aromatic N) is 1. The van der Waals surface area contributed by atoms with E-state index >= 15 is 0 Å². The second kappa shape index (κ2) is 3.31. The summed E-state index contributed by atoms with van der Waals surface area (Å²) in [6, 6.07) is 7.36. The van der Waals surface area contributed by atoms with Gasteiger partial charge in [0.15, 0.2) is 0 Å². The average Bonchev–Trinajstić information content (AvgIpc) is 2.05. The Balaban J connectivity index is 3.24. The van der Waals surface area contributed by atoms with Crippen LogP contribution >= 0.6 is 0 Å². The van der Waals surface area contributed by atoms with Crippen LogP contribution < -0.4 is 0 Å². The van der Waals surface area contributed by atoms with Crippen LogP contribution in [-0.4, -0.2) is 18.4 Å². The normalized spacial score (nSPS) is 15.2. The minimum absolute atomic E-state index is 0.676. The summed E-state index contributed by atoms with van der Waals surface area (Å²) in [5, 5.41) is 0. The smallest absolute Gasteiger partial charge is 0.274 e. The van der Waals surface area contributed by atoms with E-state index < -0.39 is 9.73 Å². The Hall–Kier alpha value is -0.765. The van der Waals surface area contributed by atoms with Gasteiger partial charge in [0.05, 0.1) is 9.73 Å². The Bertz CT molecular complexity index is 377. The zero-order chi connectivity index (χ0) is 9.19. The number of benzene rings is 1. The highest BCUT2D eigenvalue weighted by molar-refractivity contribution is 7.93. The molecule has 2 radical (unpaired) electrons. The summed E-state index contributed by atoms with van der Waals surface area (Å²) in [5.74, 6) is 0. The van der Waals surface area contributed by atoms with Crippen LogP contribution in [0.15, 0.2) is 33.4 Å². The molecule has 62 valence electrons. The van der Waals surface area contributed by atoms with Crippen molar-refractivity contribution in [3.05, 3.63) is 29.8 Å². The quantitative estimate of drug-likeness (QED) is 0.601. The minimum Gasteiger partial charge on any atom is -0.309 e. The van der Waals surface area contributed by atoms with Crippen LogP contribution in [0.5, 0.6) is 0 Å². The molecule has 0 saturated heterocycles. The van der Waals surface area contributed by atoms with Crippen molar-refractivity contribution in [1.82, 2.24) is 0 Å². The van der Waals surface area contributed by atoms with Gasteiger partial charge in [-0.3, -0.25) is 0 Å². The SMILES string of the molecule is [B]N=S(C)(=O)c1ccc(C)cc1. The maximum absolute atomic E-state index is 11.6. The highest BCUT2D eigenvalue weighted by Crippen LogP contribution is 2.11. The van der Waals surface area contributed by atoms with Crippen LogP contribution in [0.25, 0.3) is 0 Å². The van der Waals surface area contributed by atoms with E-state index in [1.54, 1.807) is 12.1 Å². The number of hydrogen-bond acceptors (Lipinski definition) is 2. The van der Waals surface area contributed by atoms with Gasteiger partial charge in [-0.05, 0) is 19.1 Å². The fourth-order valence-electron chi connectivity index (χ4n) is 0.852. The van der Waals surface area contributed by atoms with Gasteiger partial charge in [-0.2, -0.15) is 0 Å². The van der Waals surface area contributed by atoms with Crippen molar-refractivity contribution in [2.75, 3.05) is 6.26 Å². The maximum Gasteiger partial charge on any atom is 0.274 e. The summed E-state index contributed by atoms with van der Waals surface area (Å²) < 4.78 is 14.9. The molecule has 0 N–H and O–H groups in total. The molecule has 2 nitrogen and oxygen atoms in total. The van der Waals surface area contributed by atoms with Crippen molar-refractivity contribution in [3.8, 4) is 0 Å². The summed E-state index contributed by atoms with van der Waals surface area (Å²) >= 11 is 0. The molecule has 1 unspecified atom stereocenters. The third kappa shape index (κ3) is 1.88. The highest BCUT2D eigenvalue weighted by atomic mass is 32.2. The van der Waals surface area contributed by atoms with Crippen molar-refractivity contribution in [1.29, 1.82) is 0 Å². The lowest BCUT2D eigenvalue weighted by atomic mass is 10.2. The van der Waals surface area contributed by atoms with E-state index in [4.69, 9.17) is 7.98 Å². The Morgan fingerprint density at radius 2 is 1.83 bits per heavy atom. The first-order chi connectivity index (χ1) is 5.56. The fourth-order valence-corrected chi connectivity index (χ4v) is 1.61. The van der Waals surface area contributed by atoms with Crippen molar-refractivity contribution >= 4 is 17.7 Å². The third-order valence-electron chi connectivity index (χ3n) is 1.66. The zero-order valence-corrected chi connectivity index (χ0v) is 7.97. The summed E-state index contributed by atoms with van der Waals surface area (Å²) in [6.07, 6.45) is 1.53. The summed E-state index contributed by atoms with van der Waals surface area (Å²) in [6.45, 7) is 1.97. The molecule has 1 atom stereocenters. The van der Waals surface area contributed by atoms with Crippen LogP contribution in [-0.2, 0) is 9.73 Å². The zero-order valence-electron chi connectivity index (χ0n) is 7.15. The van der Waals surface area contributed by atoms with E-state index in [1.807, 2.05) is 19.1 Å². The van der Waals surface area contributed by atoms with E-state index in [9.17, 15) is 4.21 Å². The molecule has 4 heteroatoms. The molecular weight excluding hydrogens is 169 g/mol. The van der Waals surface area contributed by atoms with Gasteiger partial charge in [0.1, 0.15) is 0 Å². The van der Waals surface area contributed by atoms with Gasteiger partial charge in [0, 0.05) is 11.2 Å². The molecule has 1 aromatic carbocycles. The first kappa shape index (κ1) is 9.32. The second-order valence-electron chi connectivity index (χ2n) is 2.72. The van der Waals surface area contributed by atoms with Gasteiger partial charge in [0.2, 0.25) is 0 Å². The van der Waals surface area contributed by atoms with Gasteiger partial charge in [-0.25, -0.2) is 4.21 Å². The minimum atomic E-state index is -2.36. The van der Waals surface area contributed by atoms with E-state index in [1.165, 1.54) is 6.26 Å². The third-order valence-corrected chi connectivity index (χ3v) is 3.21. The highest BCUT2D eigenvalue weighted by Gasteiger charge is 2.01. The molecule has 12 heavy (non-hydrogen) atoms. The molecule has 0 aliphatic carbocycles. The molecule has 0 saturated carbocycles. The topological polar surface area (TPSA) is 29.4 Å². The second-order valence-corrected chi connectivity index (χ2v) is 5.01. The van der Waals surface area contributed by atoms with Gasteiger partial charge >= 0.3 is 0 Å². The largest absolute Gasteiger partial charge is 0.309 e. The molecule has 0 spiro atoms. The summed E-state index contributed by atoms with van der Waals surface area (Å²) in [4.78, 5) is 0.676. The molecule has 0 aromatic heterocycles. The molecule has 1 aromatic rings. The van der Waals surface area contributed by atoms with Gasteiger partial charge in [-0.15, -0.1) is 0 Å². The van der Waals surface area contributed by atoms with Crippen LogP contribution in [0.2, 0.25) is 0 Å². The number of aryl methyl sites for hydroxylation is 1. The van der Waals surface area contributed by atoms with E-state index in [-0.39, 0.29) is 0 Å². The van der Waals surface area contributed by atoms with E-state index in [2.05, 4.69) is 4.27 Å². The summed E-state index contributed by atoms with van der Waals surface area (Å²) in [7, 11) is 2.66. The monoisotopic (exact) mass is 179 g/mol. The van der Waals surface area contributed by atoms with E-state index in [0.717, 1.165) is 5.56 Å². The molecule has 0 bridgehead atoms. The van der Waals surface area contributed by atoms with Crippen molar-refractivity contribution in [3.63, 3.8) is 0 Å². The van der Waals surface area contributed by atoms with Crippen LogP contribution in [0, 0.1) is 6.92 Å². The van der Waals surface area contributed by atoms with Crippen molar-refractivity contribution < 1.29 is 4.21 Å². The standard InChI is InChI=1S/C8H10BNOS/c1-7-3-5-8(6-4-7)12(2,11)10-9/h3-6H,1-2H3. The summed E-state index contributed by atoms with van der Waals surface area (Å²) in [5.41, 5.74) is 1.13. The van der Waals surface area contributed by atoms with Gasteiger partial charge in [0.25, 0.3) is 7.98 Å². The Morgan fingerprint density at radius 3 is 2.25 bits per heavy atom. The maximum atomic E-state index is 11.6. The van der Waals surface area contributed by atoms with Gasteiger partial charge in [-0.1, -0.05) is 17.7 Å². The molecule has 0 heterocycles. The Labute approximate surface area is 74.6 Å². The first-order valence-electron chi connectivity index (χ1n) is 3.54. The van der Waals surface area contributed by atoms with Gasteiger partial charge < -0.3 is 4.27 Å². The lowest BCUT2D eigenvalue weighted by Gasteiger charge is -2.02. The number of rotatable bonds is 1. The number of hydrogen-bond donors (Lipinski definition) is 0. The molecular formula is C8H10BNOS. The lowest BCUT2D eigenvalue weighted by Crippen LogP contribution is -1.96. The predicted molar refractivity (Wildman–Crippen MR) is 51.7 cm³/mol. The fraction of sp³-hybridized carbons (Fsp3) is 0.250.